The number of benzene rings is 1. The summed E-state index contributed by atoms with van der Waals surface area (Å²) >= 11 is 1.50. The normalized spacial score (nSPS) is 20.8. The summed E-state index contributed by atoms with van der Waals surface area (Å²) in [5.41, 5.74) is 5.30. The highest BCUT2D eigenvalue weighted by Crippen LogP contribution is 2.48. The highest BCUT2D eigenvalue weighted by Gasteiger charge is 2.42. The Balaban J connectivity index is 1.53. The van der Waals surface area contributed by atoms with Crippen molar-refractivity contribution >= 4 is 22.9 Å². The van der Waals surface area contributed by atoms with Crippen molar-refractivity contribution in [1.82, 2.24) is 4.90 Å². The Morgan fingerprint density at radius 2 is 1.91 bits per heavy atom. The molecular formula is C29H33NO2S. The zero-order chi connectivity index (χ0) is 22.8. The maximum atomic E-state index is 12.8. The molecule has 0 spiro atoms. The Kier molecular flexibility index (Phi) is 6.45. The predicted molar refractivity (Wildman–Crippen MR) is 135 cm³/mol. The van der Waals surface area contributed by atoms with Crippen molar-refractivity contribution < 1.29 is 9.53 Å². The van der Waals surface area contributed by atoms with Gasteiger partial charge in [0.2, 0.25) is 0 Å². The topological polar surface area (TPSA) is 29.5 Å². The van der Waals surface area contributed by atoms with Crippen LogP contribution >= 0.6 is 11.3 Å². The van der Waals surface area contributed by atoms with Gasteiger partial charge in [-0.25, -0.2) is 4.79 Å². The van der Waals surface area contributed by atoms with Crippen LogP contribution in [0.5, 0.6) is 0 Å². The number of nitrogens with zero attached hydrogens (tertiary/aromatic N) is 1. The van der Waals surface area contributed by atoms with E-state index in [1.165, 1.54) is 61.7 Å². The quantitative estimate of drug-likeness (QED) is 0.398. The first-order chi connectivity index (χ1) is 16.1. The van der Waals surface area contributed by atoms with E-state index in [-0.39, 0.29) is 11.4 Å². The molecule has 2 fully saturated rings. The molecule has 2 saturated carbocycles. The number of carbonyl (C=O) groups is 1. The average molecular weight is 460 g/mol. The lowest BCUT2D eigenvalue weighted by molar-refractivity contribution is 0.0606. The lowest BCUT2D eigenvalue weighted by Gasteiger charge is -2.34. The Morgan fingerprint density at radius 3 is 2.61 bits per heavy atom. The van der Waals surface area contributed by atoms with E-state index in [4.69, 9.17) is 4.74 Å². The molecule has 0 bridgehead atoms. The van der Waals surface area contributed by atoms with Gasteiger partial charge in [-0.05, 0) is 67.8 Å². The predicted octanol–water partition coefficient (Wildman–Crippen LogP) is 6.29. The van der Waals surface area contributed by atoms with Crippen LogP contribution in [0.1, 0.15) is 77.0 Å². The number of likely N-dealkylation sites (N-methyl/N-ethyl adjacent to an activating group) is 1. The Morgan fingerprint density at radius 1 is 1.15 bits per heavy atom. The zero-order valence-corrected chi connectivity index (χ0v) is 20.6. The largest absolute Gasteiger partial charge is 0.465 e. The van der Waals surface area contributed by atoms with Crippen molar-refractivity contribution in [2.24, 2.45) is 5.92 Å². The maximum Gasteiger partial charge on any atom is 0.348 e. The fourth-order valence-corrected chi connectivity index (χ4v) is 6.49. The first kappa shape index (κ1) is 22.4. The van der Waals surface area contributed by atoms with Crippen molar-refractivity contribution in [2.75, 3.05) is 27.2 Å². The molecule has 0 radical (unpaired) electrons. The Bertz CT molecular complexity index is 1110. The van der Waals surface area contributed by atoms with Gasteiger partial charge in [0.05, 0.1) is 17.4 Å². The van der Waals surface area contributed by atoms with Crippen LogP contribution in [0.4, 0.5) is 0 Å². The van der Waals surface area contributed by atoms with Gasteiger partial charge in [0, 0.05) is 18.7 Å². The number of hydrogen-bond donors (Lipinski definition) is 0. The molecule has 0 atom stereocenters. The second kappa shape index (κ2) is 9.49. The van der Waals surface area contributed by atoms with E-state index in [0.717, 1.165) is 47.7 Å². The van der Waals surface area contributed by atoms with Crippen molar-refractivity contribution in [3.63, 3.8) is 0 Å². The van der Waals surface area contributed by atoms with Crippen LogP contribution in [0.25, 0.3) is 5.57 Å². The first-order valence-corrected chi connectivity index (χ1v) is 13.1. The minimum absolute atomic E-state index is 0.0169. The molecular weight excluding hydrogens is 426 g/mol. The minimum Gasteiger partial charge on any atom is -0.465 e. The van der Waals surface area contributed by atoms with Crippen molar-refractivity contribution in [3.8, 4) is 11.8 Å². The third kappa shape index (κ3) is 4.67. The molecule has 1 aromatic carbocycles. The van der Waals surface area contributed by atoms with Gasteiger partial charge in [-0.2, -0.15) is 0 Å². The van der Waals surface area contributed by atoms with Crippen LogP contribution in [0.3, 0.4) is 0 Å². The standard InChI is InChI=1S/C29H33NO2S/c1-30-18-14-24(26(20-30)21-9-5-3-6-10-21)25-19-23(33-27(25)28(31)32-2)13-15-29(16-17-29)22-11-7-4-8-12-22/h4,7-8,11-12,19,21H,3,5-6,9-10,14,16-18,20H2,1-2H3. The van der Waals surface area contributed by atoms with Gasteiger partial charge in [-0.15, -0.1) is 11.3 Å². The third-order valence-corrected chi connectivity index (χ3v) is 8.63. The second-order valence-corrected chi connectivity index (χ2v) is 10.9. The summed E-state index contributed by atoms with van der Waals surface area (Å²) in [6, 6.07) is 12.8. The molecule has 33 heavy (non-hydrogen) atoms. The maximum absolute atomic E-state index is 12.8. The number of hydrogen-bond acceptors (Lipinski definition) is 4. The summed E-state index contributed by atoms with van der Waals surface area (Å²) in [5, 5.41) is 0. The molecule has 4 heteroatoms. The van der Waals surface area contributed by atoms with Gasteiger partial charge in [-0.3, -0.25) is 0 Å². The van der Waals surface area contributed by atoms with Crippen LogP contribution < -0.4 is 0 Å². The van der Waals surface area contributed by atoms with E-state index in [1.54, 1.807) is 5.57 Å². The Hall–Kier alpha value is -2.35. The lowest BCUT2D eigenvalue weighted by atomic mass is 9.78. The molecule has 0 amide bonds. The molecule has 0 saturated heterocycles. The van der Waals surface area contributed by atoms with E-state index < -0.39 is 0 Å². The summed E-state index contributed by atoms with van der Waals surface area (Å²) in [7, 11) is 3.70. The zero-order valence-electron chi connectivity index (χ0n) is 19.8. The van der Waals surface area contributed by atoms with Gasteiger partial charge in [-0.1, -0.05) is 61.4 Å². The molecule has 3 nitrogen and oxygen atoms in total. The Labute approximate surface area is 201 Å². The van der Waals surface area contributed by atoms with Crippen molar-refractivity contribution in [2.45, 2.75) is 56.8 Å². The SMILES string of the molecule is COC(=O)c1sc(C#CC2(c3ccccc3)CC2)cc1C1=C(C2CCCCC2)CN(C)CC1. The number of methoxy groups -OCH3 is 1. The van der Waals surface area contributed by atoms with E-state index in [0.29, 0.717) is 5.92 Å². The summed E-state index contributed by atoms with van der Waals surface area (Å²) in [6.45, 7) is 2.04. The van der Waals surface area contributed by atoms with Crippen LogP contribution in [-0.4, -0.2) is 38.1 Å². The van der Waals surface area contributed by atoms with Gasteiger partial charge in [0.1, 0.15) is 4.88 Å². The number of esters is 1. The van der Waals surface area contributed by atoms with Crippen molar-refractivity contribution in [1.29, 1.82) is 0 Å². The first-order valence-electron chi connectivity index (χ1n) is 12.3. The fraction of sp³-hybridized carbons (Fsp3) is 0.483. The van der Waals surface area contributed by atoms with Gasteiger partial charge in [0.15, 0.2) is 0 Å². The molecule has 5 rings (SSSR count). The van der Waals surface area contributed by atoms with E-state index >= 15 is 0 Å². The number of rotatable bonds is 4. The summed E-state index contributed by atoms with van der Waals surface area (Å²) < 4.78 is 5.20. The number of thiophene rings is 1. The molecule has 0 unspecified atom stereocenters. The fourth-order valence-electron chi connectivity index (χ4n) is 5.53. The molecule has 3 aliphatic rings. The van der Waals surface area contributed by atoms with E-state index in [9.17, 15) is 4.79 Å². The van der Waals surface area contributed by atoms with Gasteiger partial charge < -0.3 is 9.64 Å². The summed E-state index contributed by atoms with van der Waals surface area (Å²) in [4.78, 5) is 16.9. The average Bonchev–Trinajstić information content (AvgIpc) is 3.55. The van der Waals surface area contributed by atoms with Crippen LogP contribution in [0.15, 0.2) is 42.0 Å². The van der Waals surface area contributed by atoms with Gasteiger partial charge >= 0.3 is 5.97 Å². The highest BCUT2D eigenvalue weighted by molar-refractivity contribution is 7.14. The van der Waals surface area contributed by atoms with Crippen LogP contribution in [-0.2, 0) is 10.2 Å². The molecule has 1 aromatic heterocycles. The summed E-state index contributed by atoms with van der Waals surface area (Å²) in [6.07, 6.45) is 9.74. The van der Waals surface area contributed by atoms with E-state index in [1.807, 2.05) is 0 Å². The molecule has 2 heterocycles. The van der Waals surface area contributed by atoms with Gasteiger partial charge in [0.25, 0.3) is 0 Å². The smallest absolute Gasteiger partial charge is 0.348 e. The molecule has 172 valence electrons. The van der Waals surface area contributed by atoms with Crippen molar-refractivity contribution in [3.05, 3.63) is 62.9 Å². The molecule has 2 aliphatic carbocycles. The summed E-state index contributed by atoms with van der Waals surface area (Å²) in [5.74, 6) is 7.43. The highest BCUT2D eigenvalue weighted by atomic mass is 32.1. The molecule has 0 N–H and O–H groups in total. The molecule has 2 aromatic rings. The number of ether oxygens (including phenoxy) is 1. The minimum atomic E-state index is -0.235. The third-order valence-electron chi connectivity index (χ3n) is 7.60. The second-order valence-electron chi connectivity index (χ2n) is 9.87. The molecule has 1 aliphatic heterocycles. The van der Waals surface area contributed by atoms with Crippen LogP contribution in [0, 0.1) is 17.8 Å². The number of carbonyl (C=O) groups excluding carboxylic acids is 1. The lowest BCUT2D eigenvalue weighted by Crippen LogP contribution is -2.31. The van der Waals surface area contributed by atoms with E-state index in [2.05, 4.69) is 60.2 Å². The monoisotopic (exact) mass is 459 g/mol. The van der Waals surface area contributed by atoms with Crippen LogP contribution in [0.2, 0.25) is 0 Å².